The lowest BCUT2D eigenvalue weighted by molar-refractivity contribution is -0.0163. The smallest absolute Gasteiger partial charge is 0.337 e. The van der Waals surface area contributed by atoms with Crippen LogP contribution in [0.5, 0.6) is 5.75 Å². The molecule has 0 amide bonds. The first kappa shape index (κ1) is 14.8. The molecule has 5 heteroatoms. The molecule has 0 atom stereocenters. The highest BCUT2D eigenvalue weighted by Crippen LogP contribution is 2.22. The Morgan fingerprint density at radius 2 is 2.00 bits per heavy atom. The lowest BCUT2D eigenvalue weighted by Gasteiger charge is -2.19. The van der Waals surface area contributed by atoms with E-state index in [2.05, 4.69) is 0 Å². The van der Waals surface area contributed by atoms with Gasteiger partial charge in [-0.1, -0.05) is 11.6 Å². The molecule has 0 fully saturated rings. The van der Waals surface area contributed by atoms with Gasteiger partial charge in [0.05, 0.1) is 22.8 Å². The van der Waals surface area contributed by atoms with Crippen molar-refractivity contribution in [3.05, 3.63) is 28.8 Å². The molecule has 1 rings (SSSR count). The second kappa shape index (κ2) is 6.07. The molecule has 0 bridgehead atoms. The van der Waals surface area contributed by atoms with Crippen LogP contribution >= 0.6 is 11.6 Å². The molecule has 0 unspecified atom stereocenters. The van der Waals surface area contributed by atoms with Crippen LogP contribution in [0.4, 0.5) is 0 Å². The molecule has 0 saturated heterocycles. The van der Waals surface area contributed by atoms with Crippen molar-refractivity contribution in [1.82, 2.24) is 0 Å². The second-order valence-corrected chi connectivity index (χ2v) is 5.16. The first-order chi connectivity index (χ1) is 8.29. The molecule has 0 heterocycles. The van der Waals surface area contributed by atoms with E-state index in [1.54, 1.807) is 6.07 Å². The summed E-state index contributed by atoms with van der Waals surface area (Å²) in [6.07, 6.45) is 0. The predicted molar refractivity (Wildman–Crippen MR) is 69.6 cm³/mol. The fraction of sp³-hybridized carbons (Fsp3) is 0.462. The van der Waals surface area contributed by atoms with Crippen LogP contribution in [0.25, 0.3) is 0 Å². The van der Waals surface area contributed by atoms with Gasteiger partial charge in [-0.05, 0) is 39.0 Å². The van der Waals surface area contributed by atoms with Crippen LogP contribution in [-0.2, 0) is 4.74 Å². The van der Waals surface area contributed by atoms with Crippen LogP contribution in [0.1, 0.15) is 31.1 Å². The summed E-state index contributed by atoms with van der Waals surface area (Å²) in [4.78, 5) is 10.8. The van der Waals surface area contributed by atoms with Crippen molar-refractivity contribution in [2.75, 3.05) is 13.2 Å². The van der Waals surface area contributed by atoms with Gasteiger partial charge in [0.15, 0.2) is 0 Å². The molecule has 0 aliphatic heterocycles. The molecular formula is C13H17ClO4. The van der Waals surface area contributed by atoms with Crippen molar-refractivity contribution in [3.63, 3.8) is 0 Å². The summed E-state index contributed by atoms with van der Waals surface area (Å²) in [5, 5.41) is 8.98. The van der Waals surface area contributed by atoms with Crippen LogP contribution in [0.3, 0.4) is 0 Å². The lowest BCUT2D eigenvalue weighted by Crippen LogP contribution is -2.22. The van der Waals surface area contributed by atoms with Crippen molar-refractivity contribution >= 4 is 17.6 Å². The number of carboxylic acid groups (broad SMARTS) is 1. The number of aromatic carboxylic acids is 1. The maximum absolute atomic E-state index is 10.8. The van der Waals surface area contributed by atoms with Crippen LogP contribution in [0.2, 0.25) is 5.02 Å². The molecule has 4 nitrogen and oxygen atoms in total. The second-order valence-electron chi connectivity index (χ2n) is 4.76. The Morgan fingerprint density at radius 1 is 1.33 bits per heavy atom. The van der Waals surface area contributed by atoms with E-state index in [1.807, 2.05) is 20.8 Å². The number of carboxylic acids is 1. The van der Waals surface area contributed by atoms with Gasteiger partial charge in [0.2, 0.25) is 0 Å². The Labute approximate surface area is 111 Å². The number of hydrogen-bond acceptors (Lipinski definition) is 3. The molecule has 1 aromatic rings. The molecule has 1 N–H and O–H groups in total. The monoisotopic (exact) mass is 272 g/mol. The van der Waals surface area contributed by atoms with Gasteiger partial charge in [0.25, 0.3) is 0 Å². The molecule has 0 radical (unpaired) electrons. The lowest BCUT2D eigenvalue weighted by atomic mass is 10.2. The van der Waals surface area contributed by atoms with Gasteiger partial charge < -0.3 is 14.6 Å². The van der Waals surface area contributed by atoms with E-state index in [0.29, 0.717) is 19.0 Å². The Morgan fingerprint density at radius 3 is 2.50 bits per heavy atom. The molecule has 0 saturated carbocycles. The van der Waals surface area contributed by atoms with E-state index < -0.39 is 5.97 Å². The highest BCUT2D eigenvalue weighted by Gasteiger charge is 2.11. The molecule has 0 aliphatic rings. The first-order valence-corrected chi connectivity index (χ1v) is 5.97. The molecular weight excluding hydrogens is 256 g/mol. The third kappa shape index (κ3) is 4.94. The van der Waals surface area contributed by atoms with Gasteiger partial charge in [-0.25, -0.2) is 4.79 Å². The number of benzene rings is 1. The number of halogens is 1. The zero-order valence-corrected chi connectivity index (χ0v) is 11.5. The molecule has 18 heavy (non-hydrogen) atoms. The largest absolute Gasteiger partial charge is 0.491 e. The number of ether oxygens (including phenoxy) is 2. The topological polar surface area (TPSA) is 55.8 Å². The van der Waals surface area contributed by atoms with Crippen molar-refractivity contribution in [3.8, 4) is 5.75 Å². The highest BCUT2D eigenvalue weighted by molar-refractivity contribution is 6.33. The standard InChI is InChI=1S/C13H17ClO4/c1-13(2,3)18-7-6-17-9-4-5-10(12(15)16)11(14)8-9/h4-5,8H,6-7H2,1-3H3,(H,15,16). The average molecular weight is 273 g/mol. The average Bonchev–Trinajstić information content (AvgIpc) is 2.22. The summed E-state index contributed by atoms with van der Waals surface area (Å²) >= 11 is 5.82. The van der Waals surface area contributed by atoms with Crippen LogP contribution in [0.15, 0.2) is 18.2 Å². The molecule has 0 aliphatic carbocycles. The summed E-state index contributed by atoms with van der Waals surface area (Å²) in [5.41, 5.74) is -0.135. The Kier molecular flexibility index (Phi) is 4.99. The summed E-state index contributed by atoms with van der Waals surface area (Å²) in [7, 11) is 0. The zero-order valence-electron chi connectivity index (χ0n) is 10.7. The first-order valence-electron chi connectivity index (χ1n) is 5.59. The third-order valence-electron chi connectivity index (χ3n) is 2.06. The molecule has 1 aromatic carbocycles. The zero-order chi connectivity index (χ0) is 13.8. The fourth-order valence-electron chi connectivity index (χ4n) is 1.27. The Hall–Kier alpha value is -1.26. The van der Waals surface area contributed by atoms with Gasteiger partial charge in [0, 0.05) is 0 Å². The summed E-state index contributed by atoms with van der Waals surface area (Å²) < 4.78 is 10.9. The quantitative estimate of drug-likeness (QED) is 0.836. The SMILES string of the molecule is CC(C)(C)OCCOc1ccc(C(=O)O)c(Cl)c1. The van der Waals surface area contributed by atoms with Crippen molar-refractivity contribution in [2.45, 2.75) is 26.4 Å². The van der Waals surface area contributed by atoms with Gasteiger partial charge in [-0.3, -0.25) is 0 Å². The molecule has 0 aromatic heterocycles. The molecule has 0 spiro atoms. The van der Waals surface area contributed by atoms with Crippen LogP contribution in [0, 0.1) is 0 Å². The van der Waals surface area contributed by atoms with Gasteiger partial charge >= 0.3 is 5.97 Å². The van der Waals surface area contributed by atoms with Crippen molar-refractivity contribution < 1.29 is 19.4 Å². The number of hydrogen-bond donors (Lipinski definition) is 1. The van der Waals surface area contributed by atoms with E-state index in [4.69, 9.17) is 26.2 Å². The maximum Gasteiger partial charge on any atom is 0.337 e. The third-order valence-corrected chi connectivity index (χ3v) is 2.37. The number of carbonyl (C=O) groups is 1. The van der Waals surface area contributed by atoms with E-state index in [9.17, 15) is 4.79 Å². The maximum atomic E-state index is 10.8. The predicted octanol–water partition coefficient (Wildman–Crippen LogP) is 3.23. The van der Waals surface area contributed by atoms with Gasteiger partial charge in [0.1, 0.15) is 12.4 Å². The van der Waals surface area contributed by atoms with Crippen molar-refractivity contribution in [2.24, 2.45) is 0 Å². The summed E-state index contributed by atoms with van der Waals surface area (Å²) in [6, 6.07) is 4.49. The summed E-state index contributed by atoms with van der Waals surface area (Å²) in [6.45, 7) is 6.74. The normalized spacial score (nSPS) is 11.3. The number of rotatable bonds is 5. The highest BCUT2D eigenvalue weighted by atomic mass is 35.5. The minimum atomic E-state index is -1.05. The van der Waals surface area contributed by atoms with Crippen LogP contribution < -0.4 is 4.74 Å². The summed E-state index contributed by atoms with van der Waals surface area (Å²) in [5.74, 6) is -0.523. The van der Waals surface area contributed by atoms with E-state index in [-0.39, 0.29) is 16.2 Å². The van der Waals surface area contributed by atoms with E-state index >= 15 is 0 Å². The van der Waals surface area contributed by atoms with Gasteiger partial charge in [-0.15, -0.1) is 0 Å². The fourth-order valence-corrected chi connectivity index (χ4v) is 1.52. The Bertz CT molecular complexity index is 423. The Balaban J connectivity index is 2.49. The minimum Gasteiger partial charge on any atom is -0.491 e. The van der Waals surface area contributed by atoms with Crippen LogP contribution in [-0.4, -0.2) is 29.9 Å². The minimum absolute atomic E-state index is 0.0648. The van der Waals surface area contributed by atoms with Crippen molar-refractivity contribution in [1.29, 1.82) is 0 Å². The molecule has 100 valence electrons. The van der Waals surface area contributed by atoms with E-state index in [0.717, 1.165) is 0 Å². The van der Waals surface area contributed by atoms with E-state index in [1.165, 1.54) is 12.1 Å². The van der Waals surface area contributed by atoms with Gasteiger partial charge in [-0.2, -0.15) is 0 Å².